The van der Waals surface area contributed by atoms with Crippen LogP contribution < -0.4 is 5.73 Å². The summed E-state index contributed by atoms with van der Waals surface area (Å²) in [6.45, 7) is 3.67. The zero-order valence-corrected chi connectivity index (χ0v) is 12.4. The topological polar surface area (TPSA) is 47.1 Å². The quantitative estimate of drug-likeness (QED) is 0.900. The number of aryl methyl sites for hydroxylation is 2. The zero-order chi connectivity index (χ0) is 12.6. The van der Waals surface area contributed by atoms with Crippen molar-refractivity contribution in [2.75, 3.05) is 13.6 Å². The molecule has 1 unspecified atom stereocenters. The molecule has 0 spiro atoms. The highest BCUT2D eigenvalue weighted by Crippen LogP contribution is 2.35. The summed E-state index contributed by atoms with van der Waals surface area (Å²) in [7, 11) is 4.15. The Kier molecular flexibility index (Phi) is 3.90. The van der Waals surface area contributed by atoms with Gasteiger partial charge in [0.2, 0.25) is 0 Å². The molecule has 1 saturated carbocycles. The minimum absolute atomic E-state index is 0.511. The average molecular weight is 301 g/mol. The first-order chi connectivity index (χ1) is 8.04. The van der Waals surface area contributed by atoms with Crippen molar-refractivity contribution < 1.29 is 0 Å². The first kappa shape index (κ1) is 13.1. The van der Waals surface area contributed by atoms with Crippen LogP contribution in [-0.4, -0.2) is 34.3 Å². The molecule has 0 amide bonds. The zero-order valence-electron chi connectivity index (χ0n) is 10.8. The van der Waals surface area contributed by atoms with E-state index >= 15 is 0 Å². The summed E-state index contributed by atoms with van der Waals surface area (Å²) in [5.74, 6) is 0.804. The second-order valence-corrected chi connectivity index (χ2v) is 5.82. The standard InChI is InChI=1S/C12H21BrN4/c1-8-12(13)11(17(3)15-8)7-16(2)10(6-14)9-4-5-9/h9-10H,4-7,14H2,1-3H3. The van der Waals surface area contributed by atoms with Crippen molar-refractivity contribution in [1.82, 2.24) is 14.7 Å². The maximum atomic E-state index is 5.87. The van der Waals surface area contributed by atoms with Gasteiger partial charge in [-0.2, -0.15) is 5.10 Å². The molecule has 1 aromatic heterocycles. The Balaban J connectivity index is 2.08. The molecule has 0 aliphatic heterocycles. The fraction of sp³-hybridized carbons (Fsp3) is 0.750. The van der Waals surface area contributed by atoms with Crippen molar-refractivity contribution in [2.24, 2.45) is 18.7 Å². The monoisotopic (exact) mass is 300 g/mol. The van der Waals surface area contributed by atoms with E-state index in [0.29, 0.717) is 6.04 Å². The molecule has 0 bridgehead atoms. The van der Waals surface area contributed by atoms with E-state index in [9.17, 15) is 0 Å². The maximum Gasteiger partial charge on any atom is 0.0739 e. The van der Waals surface area contributed by atoms with Gasteiger partial charge in [0, 0.05) is 26.2 Å². The molecule has 2 N–H and O–H groups in total. The summed E-state index contributed by atoms with van der Waals surface area (Å²) in [5.41, 5.74) is 8.15. The van der Waals surface area contributed by atoms with Crippen molar-refractivity contribution >= 4 is 15.9 Å². The Morgan fingerprint density at radius 2 is 2.24 bits per heavy atom. The minimum atomic E-state index is 0.511. The van der Waals surface area contributed by atoms with E-state index in [2.05, 4.69) is 33.0 Å². The molecule has 1 aliphatic rings. The first-order valence-corrected chi connectivity index (χ1v) is 6.92. The molecule has 1 heterocycles. The van der Waals surface area contributed by atoms with E-state index in [1.54, 1.807) is 0 Å². The Labute approximate surface area is 111 Å². The summed E-state index contributed by atoms with van der Waals surface area (Å²) in [6, 6.07) is 0.511. The number of nitrogens with zero attached hydrogens (tertiary/aromatic N) is 3. The lowest BCUT2D eigenvalue weighted by molar-refractivity contribution is 0.210. The molecule has 96 valence electrons. The van der Waals surface area contributed by atoms with E-state index in [4.69, 9.17) is 5.73 Å². The van der Waals surface area contributed by atoms with Crippen LogP contribution in [0.5, 0.6) is 0 Å². The second-order valence-electron chi connectivity index (χ2n) is 5.03. The molecular weight excluding hydrogens is 280 g/mol. The summed E-state index contributed by atoms with van der Waals surface area (Å²) in [6.07, 6.45) is 2.66. The highest BCUT2D eigenvalue weighted by atomic mass is 79.9. The molecule has 1 fully saturated rings. The van der Waals surface area contributed by atoms with Crippen molar-refractivity contribution in [3.63, 3.8) is 0 Å². The number of halogens is 1. The van der Waals surface area contributed by atoms with Gasteiger partial charge in [-0.3, -0.25) is 9.58 Å². The predicted molar refractivity (Wildman–Crippen MR) is 72.7 cm³/mol. The SMILES string of the molecule is Cc1nn(C)c(CN(C)C(CN)C2CC2)c1Br. The third kappa shape index (κ3) is 2.72. The third-order valence-corrected chi connectivity index (χ3v) is 4.67. The van der Waals surface area contributed by atoms with Crippen LogP contribution in [0.15, 0.2) is 4.47 Å². The van der Waals surface area contributed by atoms with Gasteiger partial charge in [-0.05, 0) is 48.7 Å². The van der Waals surface area contributed by atoms with Gasteiger partial charge in [-0.25, -0.2) is 0 Å². The molecule has 1 atom stereocenters. The summed E-state index contributed by atoms with van der Waals surface area (Å²) in [5, 5.41) is 4.42. The van der Waals surface area contributed by atoms with Crippen LogP contribution >= 0.6 is 15.9 Å². The Bertz CT molecular complexity index is 397. The largest absolute Gasteiger partial charge is 0.329 e. The molecular formula is C12H21BrN4. The van der Waals surface area contributed by atoms with Gasteiger partial charge in [0.05, 0.1) is 15.9 Å². The highest BCUT2D eigenvalue weighted by Gasteiger charge is 2.33. The van der Waals surface area contributed by atoms with Gasteiger partial charge in [-0.1, -0.05) is 0 Å². The number of rotatable bonds is 5. The van der Waals surface area contributed by atoms with Crippen LogP contribution in [0.3, 0.4) is 0 Å². The van der Waals surface area contributed by atoms with Crippen molar-refractivity contribution in [3.8, 4) is 0 Å². The van der Waals surface area contributed by atoms with Gasteiger partial charge >= 0.3 is 0 Å². The van der Waals surface area contributed by atoms with Crippen LogP contribution in [-0.2, 0) is 13.6 Å². The Morgan fingerprint density at radius 1 is 1.59 bits per heavy atom. The number of likely N-dealkylation sites (N-methyl/N-ethyl adjacent to an activating group) is 1. The van der Waals surface area contributed by atoms with Crippen molar-refractivity contribution in [1.29, 1.82) is 0 Å². The van der Waals surface area contributed by atoms with Gasteiger partial charge in [0.1, 0.15) is 0 Å². The fourth-order valence-electron chi connectivity index (χ4n) is 2.42. The van der Waals surface area contributed by atoms with E-state index in [1.807, 2.05) is 18.7 Å². The second kappa shape index (κ2) is 5.08. The Morgan fingerprint density at radius 3 is 2.65 bits per heavy atom. The molecule has 4 nitrogen and oxygen atoms in total. The fourth-order valence-corrected chi connectivity index (χ4v) is 2.88. The van der Waals surface area contributed by atoms with Crippen LogP contribution in [0, 0.1) is 12.8 Å². The van der Waals surface area contributed by atoms with Gasteiger partial charge in [0.25, 0.3) is 0 Å². The molecule has 5 heteroatoms. The highest BCUT2D eigenvalue weighted by molar-refractivity contribution is 9.10. The average Bonchev–Trinajstić information content (AvgIpc) is 3.06. The van der Waals surface area contributed by atoms with E-state index in [1.165, 1.54) is 18.5 Å². The molecule has 0 radical (unpaired) electrons. The summed E-state index contributed by atoms with van der Waals surface area (Å²) in [4.78, 5) is 2.36. The predicted octanol–water partition coefficient (Wildman–Crippen LogP) is 1.66. The van der Waals surface area contributed by atoms with Crippen LogP contribution in [0.4, 0.5) is 0 Å². The number of hydrogen-bond acceptors (Lipinski definition) is 3. The van der Waals surface area contributed by atoms with Gasteiger partial charge in [-0.15, -0.1) is 0 Å². The van der Waals surface area contributed by atoms with Gasteiger partial charge in [0.15, 0.2) is 0 Å². The third-order valence-electron chi connectivity index (χ3n) is 3.63. The molecule has 1 aromatic rings. The lowest BCUT2D eigenvalue weighted by Gasteiger charge is -2.27. The van der Waals surface area contributed by atoms with E-state index in [-0.39, 0.29) is 0 Å². The van der Waals surface area contributed by atoms with Crippen molar-refractivity contribution in [2.45, 2.75) is 32.4 Å². The molecule has 0 aromatic carbocycles. The van der Waals surface area contributed by atoms with Gasteiger partial charge < -0.3 is 5.73 Å². The lowest BCUT2D eigenvalue weighted by atomic mass is 10.1. The van der Waals surface area contributed by atoms with Crippen LogP contribution in [0.2, 0.25) is 0 Å². The molecule has 0 saturated heterocycles. The first-order valence-electron chi connectivity index (χ1n) is 6.12. The van der Waals surface area contributed by atoms with E-state index in [0.717, 1.165) is 29.2 Å². The minimum Gasteiger partial charge on any atom is -0.329 e. The molecule has 2 rings (SSSR count). The van der Waals surface area contributed by atoms with E-state index < -0.39 is 0 Å². The maximum absolute atomic E-state index is 5.87. The van der Waals surface area contributed by atoms with Crippen molar-refractivity contribution in [3.05, 3.63) is 15.9 Å². The normalized spacial score (nSPS) is 17.8. The smallest absolute Gasteiger partial charge is 0.0739 e. The summed E-state index contributed by atoms with van der Waals surface area (Å²) >= 11 is 3.61. The molecule has 1 aliphatic carbocycles. The molecule has 17 heavy (non-hydrogen) atoms. The lowest BCUT2D eigenvalue weighted by Crippen LogP contribution is -2.39. The van der Waals surface area contributed by atoms with Crippen LogP contribution in [0.1, 0.15) is 24.2 Å². The summed E-state index contributed by atoms with van der Waals surface area (Å²) < 4.78 is 3.08. The van der Waals surface area contributed by atoms with Crippen LogP contribution in [0.25, 0.3) is 0 Å². The number of aromatic nitrogens is 2. The number of hydrogen-bond donors (Lipinski definition) is 1. The Hall–Kier alpha value is -0.390. The number of nitrogens with two attached hydrogens (primary N) is 1.